The first-order valence-corrected chi connectivity index (χ1v) is 10.6. The normalized spacial score (nSPS) is 14.0. The molecule has 1 aromatic carbocycles. The molecule has 0 unspecified atom stereocenters. The highest BCUT2D eigenvalue weighted by molar-refractivity contribution is 7.99. The highest BCUT2D eigenvalue weighted by Gasteiger charge is 2.21. The van der Waals surface area contributed by atoms with E-state index in [2.05, 4.69) is 10.2 Å². The van der Waals surface area contributed by atoms with Gasteiger partial charge in [-0.05, 0) is 42.0 Å². The standard InChI is InChI=1S/C21H26FN3O3S/c1-4-29-21-19(14(2)11-18(24-21)25-7-9-28-10-8-25)20(26)23-13-15-5-6-17(27-3)16(22)12-15/h5-6,11-12H,4,7-10,13H2,1-3H3,(H,23,26). The number of benzene rings is 1. The van der Waals surface area contributed by atoms with E-state index < -0.39 is 5.82 Å². The summed E-state index contributed by atoms with van der Waals surface area (Å²) in [5.74, 6) is 1.20. The number of amides is 1. The van der Waals surface area contributed by atoms with E-state index in [4.69, 9.17) is 14.5 Å². The number of ether oxygens (including phenoxy) is 2. The average molecular weight is 420 g/mol. The Hall–Kier alpha value is -2.32. The largest absolute Gasteiger partial charge is 0.494 e. The molecule has 2 aromatic rings. The Bertz CT molecular complexity index is 872. The Morgan fingerprint density at radius 1 is 1.34 bits per heavy atom. The quantitative estimate of drug-likeness (QED) is 0.694. The van der Waals surface area contributed by atoms with Crippen LogP contribution in [0.25, 0.3) is 0 Å². The number of carbonyl (C=O) groups is 1. The molecule has 1 amide bonds. The van der Waals surface area contributed by atoms with E-state index in [1.165, 1.54) is 13.2 Å². The minimum absolute atomic E-state index is 0.181. The molecule has 8 heteroatoms. The Morgan fingerprint density at radius 2 is 2.10 bits per heavy atom. The highest BCUT2D eigenvalue weighted by Crippen LogP contribution is 2.28. The van der Waals surface area contributed by atoms with Crippen molar-refractivity contribution in [2.24, 2.45) is 0 Å². The maximum Gasteiger partial charge on any atom is 0.254 e. The van der Waals surface area contributed by atoms with Gasteiger partial charge in [0, 0.05) is 19.6 Å². The maximum absolute atomic E-state index is 13.9. The molecule has 1 saturated heterocycles. The first kappa shape index (κ1) is 21.4. The summed E-state index contributed by atoms with van der Waals surface area (Å²) in [5.41, 5.74) is 2.11. The van der Waals surface area contributed by atoms with Gasteiger partial charge in [-0.25, -0.2) is 9.37 Å². The van der Waals surface area contributed by atoms with E-state index in [0.717, 1.165) is 30.2 Å². The van der Waals surface area contributed by atoms with Crippen molar-refractivity contribution < 1.29 is 18.7 Å². The summed E-state index contributed by atoms with van der Waals surface area (Å²) < 4.78 is 24.2. The zero-order valence-electron chi connectivity index (χ0n) is 17.0. The molecule has 1 N–H and O–H groups in total. The zero-order chi connectivity index (χ0) is 20.8. The van der Waals surface area contributed by atoms with Crippen molar-refractivity contribution in [1.29, 1.82) is 0 Å². The lowest BCUT2D eigenvalue weighted by Gasteiger charge is -2.28. The molecule has 1 fully saturated rings. The van der Waals surface area contributed by atoms with Crippen molar-refractivity contribution in [3.8, 4) is 5.75 Å². The number of halogens is 1. The van der Waals surface area contributed by atoms with Crippen LogP contribution in [0.5, 0.6) is 5.75 Å². The molecule has 0 bridgehead atoms. The lowest BCUT2D eigenvalue weighted by atomic mass is 10.1. The predicted octanol–water partition coefficient (Wildman–Crippen LogP) is 3.42. The Kier molecular flexibility index (Phi) is 7.33. The van der Waals surface area contributed by atoms with E-state index in [1.54, 1.807) is 23.9 Å². The number of rotatable bonds is 7. The van der Waals surface area contributed by atoms with E-state index in [-0.39, 0.29) is 18.2 Å². The third-order valence-corrected chi connectivity index (χ3v) is 5.54. The van der Waals surface area contributed by atoms with Gasteiger partial charge < -0.3 is 19.7 Å². The van der Waals surface area contributed by atoms with Gasteiger partial charge in [-0.1, -0.05) is 13.0 Å². The van der Waals surface area contributed by atoms with Crippen LogP contribution in [0.15, 0.2) is 29.3 Å². The molecule has 0 spiro atoms. The molecule has 1 aliphatic heterocycles. The van der Waals surface area contributed by atoms with Crippen LogP contribution in [0.1, 0.15) is 28.4 Å². The number of aryl methyl sites for hydroxylation is 1. The molecule has 0 saturated carbocycles. The highest BCUT2D eigenvalue weighted by atomic mass is 32.2. The van der Waals surface area contributed by atoms with Gasteiger partial charge in [0.05, 0.1) is 25.9 Å². The lowest BCUT2D eigenvalue weighted by Crippen LogP contribution is -2.37. The number of nitrogens with zero attached hydrogens (tertiary/aromatic N) is 2. The molecule has 0 atom stereocenters. The third-order valence-electron chi connectivity index (χ3n) is 4.68. The molecule has 1 aliphatic rings. The van der Waals surface area contributed by atoms with Crippen molar-refractivity contribution in [1.82, 2.24) is 10.3 Å². The summed E-state index contributed by atoms with van der Waals surface area (Å²) in [6, 6.07) is 6.61. The topological polar surface area (TPSA) is 63.7 Å². The second-order valence-corrected chi connectivity index (χ2v) is 7.91. The summed E-state index contributed by atoms with van der Waals surface area (Å²) in [7, 11) is 1.42. The minimum atomic E-state index is -0.450. The Morgan fingerprint density at radius 3 is 2.76 bits per heavy atom. The van der Waals surface area contributed by atoms with E-state index in [1.807, 2.05) is 19.9 Å². The summed E-state index contributed by atoms with van der Waals surface area (Å²) in [4.78, 5) is 19.8. The van der Waals surface area contributed by atoms with Crippen LogP contribution in [0.3, 0.4) is 0 Å². The predicted molar refractivity (Wildman–Crippen MR) is 113 cm³/mol. The lowest BCUT2D eigenvalue weighted by molar-refractivity contribution is 0.0946. The maximum atomic E-state index is 13.9. The van der Waals surface area contributed by atoms with Crippen LogP contribution in [0.4, 0.5) is 10.2 Å². The number of carbonyl (C=O) groups excluding carboxylic acids is 1. The second kappa shape index (κ2) is 9.93. The summed E-state index contributed by atoms with van der Waals surface area (Å²) in [5, 5.41) is 3.60. The van der Waals surface area contributed by atoms with Crippen molar-refractivity contribution in [3.63, 3.8) is 0 Å². The van der Waals surface area contributed by atoms with Gasteiger partial charge in [0.25, 0.3) is 5.91 Å². The Labute approximate surface area is 174 Å². The van der Waals surface area contributed by atoms with Crippen molar-refractivity contribution >= 4 is 23.5 Å². The number of pyridine rings is 1. The fourth-order valence-corrected chi connectivity index (χ4v) is 4.02. The number of nitrogens with one attached hydrogen (secondary N) is 1. The van der Waals surface area contributed by atoms with Gasteiger partial charge in [0.15, 0.2) is 11.6 Å². The van der Waals surface area contributed by atoms with Gasteiger partial charge in [0.1, 0.15) is 10.8 Å². The number of aromatic nitrogens is 1. The van der Waals surface area contributed by atoms with Crippen molar-refractivity contribution in [3.05, 3.63) is 46.8 Å². The summed E-state index contributed by atoms with van der Waals surface area (Å²) in [6.45, 7) is 7.11. The monoisotopic (exact) mass is 419 g/mol. The molecule has 2 heterocycles. The van der Waals surface area contributed by atoms with Crippen molar-refractivity contribution in [2.75, 3.05) is 44.1 Å². The second-order valence-electron chi connectivity index (χ2n) is 6.66. The Balaban J connectivity index is 1.78. The number of anilines is 1. The number of hydrogen-bond donors (Lipinski definition) is 1. The van der Waals surface area contributed by atoms with Crippen LogP contribution in [0.2, 0.25) is 0 Å². The van der Waals surface area contributed by atoms with Crippen LogP contribution < -0.4 is 15.0 Å². The minimum Gasteiger partial charge on any atom is -0.494 e. The molecule has 6 nitrogen and oxygen atoms in total. The SMILES string of the molecule is CCSc1nc(N2CCOCC2)cc(C)c1C(=O)NCc1ccc(OC)c(F)c1. The van der Waals surface area contributed by atoms with Crippen LogP contribution in [0, 0.1) is 12.7 Å². The number of methoxy groups -OCH3 is 1. The van der Waals surface area contributed by atoms with Gasteiger partial charge in [0.2, 0.25) is 0 Å². The first-order valence-electron chi connectivity index (χ1n) is 9.61. The molecule has 156 valence electrons. The molecular weight excluding hydrogens is 393 g/mol. The van der Waals surface area contributed by atoms with Gasteiger partial charge >= 0.3 is 0 Å². The summed E-state index contributed by atoms with van der Waals surface area (Å²) in [6.07, 6.45) is 0. The van der Waals surface area contributed by atoms with Crippen LogP contribution >= 0.6 is 11.8 Å². The van der Waals surface area contributed by atoms with Crippen LogP contribution in [-0.4, -0.2) is 50.1 Å². The van der Waals surface area contributed by atoms with E-state index in [0.29, 0.717) is 29.4 Å². The molecule has 29 heavy (non-hydrogen) atoms. The number of morpholine rings is 1. The fraction of sp³-hybridized carbons (Fsp3) is 0.429. The third kappa shape index (κ3) is 5.19. The van der Waals surface area contributed by atoms with Gasteiger partial charge in [-0.2, -0.15) is 0 Å². The number of hydrogen-bond acceptors (Lipinski definition) is 6. The van der Waals surface area contributed by atoms with Crippen LogP contribution in [-0.2, 0) is 11.3 Å². The molecule has 0 radical (unpaired) electrons. The molecular formula is C21H26FN3O3S. The molecule has 1 aromatic heterocycles. The first-order chi connectivity index (χ1) is 14.0. The van der Waals surface area contributed by atoms with E-state index >= 15 is 0 Å². The van der Waals surface area contributed by atoms with Gasteiger partial charge in [-0.15, -0.1) is 11.8 Å². The molecule has 3 rings (SSSR count). The average Bonchev–Trinajstić information content (AvgIpc) is 2.73. The number of thioether (sulfide) groups is 1. The van der Waals surface area contributed by atoms with Crippen molar-refractivity contribution in [2.45, 2.75) is 25.4 Å². The van der Waals surface area contributed by atoms with E-state index in [9.17, 15) is 9.18 Å². The fourth-order valence-electron chi connectivity index (χ4n) is 3.19. The summed E-state index contributed by atoms with van der Waals surface area (Å²) >= 11 is 1.55. The smallest absolute Gasteiger partial charge is 0.254 e. The zero-order valence-corrected chi connectivity index (χ0v) is 17.8. The molecule has 0 aliphatic carbocycles. The van der Waals surface area contributed by atoms with Gasteiger partial charge in [-0.3, -0.25) is 4.79 Å².